The van der Waals surface area contributed by atoms with Crippen molar-refractivity contribution in [3.8, 4) is 5.75 Å². The molecule has 0 saturated carbocycles. The standard InChI is InChI=1S/C36H38Cl2N4O7S/c1-24-11-18-30(21-32(24)42(45)46)50(47,48)41(28-14-16-29(49-5)17-15-28)23-34(43)40(22-26-12-13-27(37)20-31(26)38)33(35(44)39-36(2,3)4)19-25-9-7-6-8-10-25/h6-18,20-21,33H,19,22-23H2,1-5H3,(H,39,44)/t33-/m1/s1. The summed E-state index contributed by atoms with van der Waals surface area (Å²) in [5, 5.41) is 15.3. The molecule has 0 unspecified atom stereocenters. The Bertz CT molecular complexity index is 1970. The van der Waals surface area contributed by atoms with E-state index in [1.54, 1.807) is 12.1 Å². The van der Waals surface area contributed by atoms with Gasteiger partial charge in [-0.2, -0.15) is 0 Å². The minimum atomic E-state index is -4.60. The van der Waals surface area contributed by atoms with E-state index < -0.39 is 55.5 Å². The zero-order valence-electron chi connectivity index (χ0n) is 28.2. The third kappa shape index (κ3) is 9.52. The van der Waals surface area contributed by atoms with Crippen molar-refractivity contribution in [1.29, 1.82) is 0 Å². The fraction of sp³-hybridized carbons (Fsp3) is 0.278. The number of ether oxygens (including phenoxy) is 1. The van der Waals surface area contributed by atoms with E-state index in [1.807, 2.05) is 51.1 Å². The zero-order chi connectivity index (χ0) is 36.8. The number of sulfonamides is 1. The van der Waals surface area contributed by atoms with Gasteiger partial charge in [0.15, 0.2) is 0 Å². The van der Waals surface area contributed by atoms with Crippen molar-refractivity contribution in [3.05, 3.63) is 128 Å². The molecule has 4 rings (SSSR count). The van der Waals surface area contributed by atoms with Crippen molar-refractivity contribution in [2.75, 3.05) is 18.0 Å². The largest absolute Gasteiger partial charge is 0.497 e. The van der Waals surface area contributed by atoms with Crippen LogP contribution in [0.1, 0.15) is 37.5 Å². The van der Waals surface area contributed by atoms with Crippen LogP contribution in [0.2, 0.25) is 10.0 Å². The molecule has 50 heavy (non-hydrogen) atoms. The molecule has 264 valence electrons. The molecule has 11 nitrogen and oxygen atoms in total. The number of nitrogens with zero attached hydrogens (tertiary/aromatic N) is 3. The third-order valence-electron chi connectivity index (χ3n) is 7.73. The number of rotatable bonds is 13. The Morgan fingerprint density at radius 2 is 1.62 bits per heavy atom. The Hall–Kier alpha value is -4.65. The minimum absolute atomic E-state index is 0.0885. The maximum Gasteiger partial charge on any atom is 0.273 e. The van der Waals surface area contributed by atoms with E-state index in [4.69, 9.17) is 27.9 Å². The molecule has 1 N–H and O–H groups in total. The number of nitro benzene ring substituents is 1. The van der Waals surface area contributed by atoms with Crippen LogP contribution in [0.25, 0.3) is 0 Å². The first-order chi connectivity index (χ1) is 23.5. The normalized spacial score (nSPS) is 12.1. The second kappa shape index (κ2) is 15.9. The van der Waals surface area contributed by atoms with Crippen LogP contribution in [-0.2, 0) is 32.6 Å². The molecule has 14 heteroatoms. The van der Waals surface area contributed by atoms with Crippen LogP contribution in [0.15, 0.2) is 95.9 Å². The van der Waals surface area contributed by atoms with E-state index in [2.05, 4.69) is 5.32 Å². The van der Waals surface area contributed by atoms with Crippen molar-refractivity contribution >= 4 is 56.4 Å². The van der Waals surface area contributed by atoms with Crippen molar-refractivity contribution in [3.63, 3.8) is 0 Å². The number of hydrogen-bond donors (Lipinski definition) is 1. The number of anilines is 1. The average molecular weight is 742 g/mol. The molecule has 0 saturated heterocycles. The fourth-order valence-electron chi connectivity index (χ4n) is 5.19. The number of nitro groups is 1. The Balaban J connectivity index is 1.88. The summed E-state index contributed by atoms with van der Waals surface area (Å²) in [6.45, 7) is 5.99. The lowest BCUT2D eigenvalue weighted by Gasteiger charge is -2.35. The van der Waals surface area contributed by atoms with Crippen LogP contribution >= 0.6 is 23.2 Å². The van der Waals surface area contributed by atoms with E-state index >= 15 is 0 Å². The predicted octanol–water partition coefficient (Wildman–Crippen LogP) is 6.97. The summed E-state index contributed by atoms with van der Waals surface area (Å²) < 4.78 is 34.8. The first-order valence-electron chi connectivity index (χ1n) is 15.5. The summed E-state index contributed by atoms with van der Waals surface area (Å²) in [4.78, 5) is 40.7. The number of carbonyl (C=O) groups excluding carboxylic acids is 2. The molecule has 4 aromatic carbocycles. The van der Waals surface area contributed by atoms with Gasteiger partial charge in [0.25, 0.3) is 15.7 Å². The van der Waals surface area contributed by atoms with Gasteiger partial charge < -0.3 is 15.0 Å². The summed E-state index contributed by atoms with van der Waals surface area (Å²) in [5.74, 6) is -0.765. The van der Waals surface area contributed by atoms with Gasteiger partial charge in [0.2, 0.25) is 11.8 Å². The number of amides is 2. The lowest BCUT2D eigenvalue weighted by Crippen LogP contribution is -2.56. The highest BCUT2D eigenvalue weighted by atomic mass is 35.5. The number of benzene rings is 4. The van der Waals surface area contributed by atoms with Gasteiger partial charge >= 0.3 is 0 Å². The van der Waals surface area contributed by atoms with Crippen molar-refractivity contribution in [2.24, 2.45) is 0 Å². The molecule has 0 aliphatic heterocycles. The summed E-state index contributed by atoms with van der Waals surface area (Å²) in [6, 6.07) is 22.3. The number of halogens is 2. The summed E-state index contributed by atoms with van der Waals surface area (Å²) in [6.07, 6.45) is 0.0964. The van der Waals surface area contributed by atoms with Gasteiger partial charge in [-0.15, -0.1) is 0 Å². The minimum Gasteiger partial charge on any atom is -0.497 e. The van der Waals surface area contributed by atoms with E-state index in [9.17, 15) is 28.1 Å². The molecule has 0 fully saturated rings. The Kier molecular flexibility index (Phi) is 12.2. The van der Waals surface area contributed by atoms with Crippen molar-refractivity contribution < 1.29 is 27.7 Å². The number of aryl methyl sites for hydroxylation is 1. The molecule has 0 spiro atoms. The van der Waals surface area contributed by atoms with E-state index in [-0.39, 0.29) is 29.2 Å². The highest BCUT2D eigenvalue weighted by Gasteiger charge is 2.36. The molecule has 1 atom stereocenters. The molecular weight excluding hydrogens is 703 g/mol. The molecule has 0 aromatic heterocycles. The number of methoxy groups -OCH3 is 1. The molecule has 0 bridgehead atoms. The van der Waals surface area contributed by atoms with Crippen LogP contribution in [0.5, 0.6) is 5.75 Å². The van der Waals surface area contributed by atoms with Gasteiger partial charge in [-0.25, -0.2) is 8.42 Å². The first-order valence-corrected chi connectivity index (χ1v) is 17.7. The topological polar surface area (TPSA) is 139 Å². The Morgan fingerprint density at radius 3 is 2.20 bits per heavy atom. The van der Waals surface area contributed by atoms with Gasteiger partial charge in [0.1, 0.15) is 18.3 Å². The molecule has 0 heterocycles. The monoisotopic (exact) mass is 740 g/mol. The number of nitrogens with one attached hydrogen (secondary N) is 1. The van der Waals surface area contributed by atoms with Crippen molar-refractivity contribution in [1.82, 2.24) is 10.2 Å². The van der Waals surface area contributed by atoms with Crippen molar-refractivity contribution in [2.45, 2.75) is 57.1 Å². The van der Waals surface area contributed by atoms with Gasteiger partial charge in [-0.05, 0) is 81.3 Å². The molecule has 0 aliphatic carbocycles. The van der Waals surface area contributed by atoms with E-state index in [0.717, 1.165) is 15.9 Å². The summed E-state index contributed by atoms with van der Waals surface area (Å²) in [7, 11) is -3.15. The van der Waals surface area contributed by atoms with Crippen LogP contribution in [-0.4, -0.2) is 55.3 Å². The van der Waals surface area contributed by atoms with Crippen LogP contribution in [0, 0.1) is 17.0 Å². The summed E-state index contributed by atoms with van der Waals surface area (Å²) >= 11 is 12.7. The van der Waals surface area contributed by atoms with Crippen LogP contribution in [0.4, 0.5) is 11.4 Å². The highest BCUT2D eigenvalue weighted by molar-refractivity contribution is 7.92. The first kappa shape index (κ1) is 38.2. The summed E-state index contributed by atoms with van der Waals surface area (Å²) in [5.41, 5.74) is 0.517. The zero-order valence-corrected chi connectivity index (χ0v) is 30.6. The fourth-order valence-corrected chi connectivity index (χ4v) is 7.09. The van der Waals surface area contributed by atoms with E-state index in [1.165, 1.54) is 61.4 Å². The molecule has 0 aliphatic rings. The van der Waals surface area contributed by atoms with Gasteiger partial charge in [0.05, 0.1) is 22.6 Å². The Labute approximate surface area is 302 Å². The lowest BCUT2D eigenvalue weighted by molar-refractivity contribution is -0.385. The SMILES string of the molecule is COc1ccc(N(CC(=O)N(Cc2ccc(Cl)cc2Cl)[C@H](Cc2ccccc2)C(=O)NC(C)(C)C)S(=O)(=O)c2ccc(C)c([N+](=O)[O-])c2)cc1. The second-order valence-electron chi connectivity index (χ2n) is 12.6. The Morgan fingerprint density at radius 1 is 0.960 bits per heavy atom. The lowest BCUT2D eigenvalue weighted by atomic mass is 10.0. The van der Waals surface area contributed by atoms with Gasteiger partial charge in [-0.1, -0.05) is 65.7 Å². The molecule has 0 radical (unpaired) electrons. The predicted molar refractivity (Wildman–Crippen MR) is 194 cm³/mol. The average Bonchev–Trinajstić information content (AvgIpc) is 3.05. The smallest absolute Gasteiger partial charge is 0.273 e. The maximum absolute atomic E-state index is 14.7. The molecule has 4 aromatic rings. The van der Waals surface area contributed by atoms with Crippen LogP contribution < -0.4 is 14.4 Å². The number of hydrogen-bond acceptors (Lipinski definition) is 7. The molecule has 2 amide bonds. The quantitative estimate of drug-likeness (QED) is 0.115. The second-order valence-corrected chi connectivity index (χ2v) is 15.3. The number of carbonyl (C=O) groups is 2. The third-order valence-corrected chi connectivity index (χ3v) is 10.1. The van der Waals surface area contributed by atoms with Crippen LogP contribution in [0.3, 0.4) is 0 Å². The van der Waals surface area contributed by atoms with Gasteiger partial charge in [-0.3, -0.25) is 24.0 Å². The highest BCUT2D eigenvalue weighted by Crippen LogP contribution is 2.30. The maximum atomic E-state index is 14.7. The van der Waals surface area contributed by atoms with E-state index in [0.29, 0.717) is 16.3 Å². The molecular formula is C36H38Cl2N4O7S. The van der Waals surface area contributed by atoms with Gasteiger partial charge in [0, 0.05) is 40.2 Å².